The molecule has 4 nitrogen and oxygen atoms in total. The maximum absolute atomic E-state index is 12.0. The van der Waals surface area contributed by atoms with Crippen molar-refractivity contribution in [3.8, 4) is 11.8 Å². The Morgan fingerprint density at radius 1 is 1.35 bits per heavy atom. The first-order valence-electron chi connectivity index (χ1n) is 7.67. The van der Waals surface area contributed by atoms with Gasteiger partial charge in [-0.1, -0.05) is 23.6 Å². The van der Waals surface area contributed by atoms with Crippen LogP contribution in [0.4, 0.5) is 5.13 Å². The Labute approximate surface area is 140 Å². The highest BCUT2D eigenvalue weighted by atomic mass is 32.1. The maximum Gasteiger partial charge on any atom is 0.296 e. The van der Waals surface area contributed by atoms with Crippen molar-refractivity contribution in [3.05, 3.63) is 46.5 Å². The van der Waals surface area contributed by atoms with Crippen molar-refractivity contribution in [1.82, 2.24) is 10.3 Å². The predicted molar refractivity (Wildman–Crippen MR) is 93.7 cm³/mol. The van der Waals surface area contributed by atoms with Gasteiger partial charge in [-0.05, 0) is 32.4 Å². The molecule has 1 aliphatic rings. The molecule has 1 saturated heterocycles. The van der Waals surface area contributed by atoms with Crippen LogP contribution in [0.5, 0.6) is 0 Å². The average Bonchev–Trinajstić information content (AvgIpc) is 3.16. The molecule has 0 bridgehead atoms. The number of carbonyl (C=O) groups excluding carboxylic acids is 1. The van der Waals surface area contributed by atoms with Crippen LogP contribution >= 0.6 is 11.3 Å². The van der Waals surface area contributed by atoms with Gasteiger partial charge in [0.25, 0.3) is 5.91 Å². The molecule has 23 heavy (non-hydrogen) atoms. The van der Waals surface area contributed by atoms with Crippen LogP contribution in [0.1, 0.15) is 22.4 Å². The normalized spacial score (nSPS) is 16.8. The summed E-state index contributed by atoms with van der Waals surface area (Å²) in [6.07, 6.45) is 2.82. The maximum atomic E-state index is 12.0. The van der Waals surface area contributed by atoms with Gasteiger partial charge in [0.05, 0.1) is 0 Å². The molecule has 1 unspecified atom stereocenters. The van der Waals surface area contributed by atoms with Gasteiger partial charge in [-0.2, -0.15) is 0 Å². The highest BCUT2D eigenvalue weighted by Crippen LogP contribution is 2.25. The van der Waals surface area contributed by atoms with Crippen molar-refractivity contribution in [2.45, 2.75) is 26.3 Å². The minimum atomic E-state index is -0.215. The molecule has 1 aromatic carbocycles. The third kappa shape index (κ3) is 4.11. The van der Waals surface area contributed by atoms with Crippen LogP contribution in [0.2, 0.25) is 0 Å². The number of anilines is 1. The zero-order valence-electron chi connectivity index (χ0n) is 13.3. The molecular formula is C18H19N3OS. The zero-order valence-corrected chi connectivity index (χ0v) is 14.1. The van der Waals surface area contributed by atoms with Gasteiger partial charge in [0.1, 0.15) is 0 Å². The van der Waals surface area contributed by atoms with E-state index < -0.39 is 0 Å². The topological polar surface area (TPSA) is 45.2 Å². The van der Waals surface area contributed by atoms with E-state index in [4.69, 9.17) is 0 Å². The minimum absolute atomic E-state index is 0.138. The molecule has 1 amide bonds. The van der Waals surface area contributed by atoms with Crippen LogP contribution in [0.25, 0.3) is 0 Å². The summed E-state index contributed by atoms with van der Waals surface area (Å²) in [5.74, 6) is 5.36. The van der Waals surface area contributed by atoms with E-state index in [9.17, 15) is 4.79 Å². The van der Waals surface area contributed by atoms with Gasteiger partial charge in [0, 0.05) is 41.7 Å². The second kappa shape index (κ2) is 6.84. The van der Waals surface area contributed by atoms with Crippen LogP contribution in [0.15, 0.2) is 30.5 Å². The van der Waals surface area contributed by atoms with Crippen LogP contribution in [0.3, 0.4) is 0 Å². The molecule has 0 spiro atoms. The summed E-state index contributed by atoms with van der Waals surface area (Å²) in [6, 6.07) is 7.98. The minimum Gasteiger partial charge on any atom is -0.346 e. The molecule has 0 saturated carbocycles. The number of carbonyl (C=O) groups is 1. The molecule has 118 valence electrons. The fraction of sp³-hybridized carbons (Fsp3) is 0.333. The highest BCUT2D eigenvalue weighted by Gasteiger charge is 2.25. The van der Waals surface area contributed by atoms with Crippen molar-refractivity contribution in [1.29, 1.82) is 0 Å². The summed E-state index contributed by atoms with van der Waals surface area (Å²) >= 11 is 1.69. The molecule has 5 heteroatoms. The number of rotatable bonds is 2. The smallest absolute Gasteiger partial charge is 0.296 e. The first-order valence-corrected chi connectivity index (χ1v) is 8.48. The summed E-state index contributed by atoms with van der Waals surface area (Å²) in [6.45, 7) is 5.80. The van der Waals surface area contributed by atoms with E-state index in [2.05, 4.69) is 34.0 Å². The number of hydrogen-bond acceptors (Lipinski definition) is 4. The molecule has 0 radical (unpaired) electrons. The molecule has 1 atom stereocenters. The van der Waals surface area contributed by atoms with Gasteiger partial charge < -0.3 is 10.2 Å². The second-order valence-corrected chi connectivity index (χ2v) is 6.99. The fourth-order valence-corrected chi connectivity index (χ4v) is 3.32. The Balaban J connectivity index is 1.54. The summed E-state index contributed by atoms with van der Waals surface area (Å²) < 4.78 is 0. The number of nitrogens with zero attached hydrogens (tertiary/aromatic N) is 2. The lowest BCUT2D eigenvalue weighted by molar-refractivity contribution is -0.116. The van der Waals surface area contributed by atoms with Gasteiger partial charge in [0.15, 0.2) is 5.13 Å². The van der Waals surface area contributed by atoms with E-state index in [0.29, 0.717) is 0 Å². The lowest BCUT2D eigenvalue weighted by atomic mass is 10.1. The van der Waals surface area contributed by atoms with E-state index in [0.717, 1.165) is 30.2 Å². The zero-order chi connectivity index (χ0) is 16.2. The van der Waals surface area contributed by atoms with E-state index in [1.807, 2.05) is 37.4 Å². The Kier molecular flexibility index (Phi) is 4.63. The lowest BCUT2D eigenvalue weighted by Gasteiger charge is -2.14. The van der Waals surface area contributed by atoms with Crippen molar-refractivity contribution in [2.75, 3.05) is 18.0 Å². The Bertz CT molecular complexity index is 755. The van der Waals surface area contributed by atoms with Gasteiger partial charge in [-0.25, -0.2) is 4.98 Å². The first kappa shape index (κ1) is 15.6. The number of hydrogen-bond donors (Lipinski definition) is 1. The third-order valence-corrected chi connectivity index (χ3v) is 4.75. The van der Waals surface area contributed by atoms with E-state index >= 15 is 0 Å². The first-order chi connectivity index (χ1) is 11.1. The summed E-state index contributed by atoms with van der Waals surface area (Å²) in [4.78, 5) is 19.8. The van der Waals surface area contributed by atoms with Gasteiger partial charge in [-0.3, -0.25) is 4.79 Å². The van der Waals surface area contributed by atoms with Gasteiger partial charge in [0.2, 0.25) is 0 Å². The van der Waals surface area contributed by atoms with Crippen molar-refractivity contribution >= 4 is 22.4 Å². The van der Waals surface area contributed by atoms with E-state index in [1.54, 1.807) is 11.3 Å². The van der Waals surface area contributed by atoms with Crippen molar-refractivity contribution in [2.24, 2.45) is 0 Å². The molecule has 1 aromatic heterocycles. The molecular weight excluding hydrogens is 306 g/mol. The predicted octanol–water partition coefficient (Wildman–Crippen LogP) is 2.51. The number of aromatic nitrogens is 1. The van der Waals surface area contributed by atoms with Gasteiger partial charge in [-0.15, -0.1) is 11.3 Å². The highest BCUT2D eigenvalue weighted by molar-refractivity contribution is 7.15. The fourth-order valence-electron chi connectivity index (χ4n) is 2.53. The third-order valence-electron chi connectivity index (χ3n) is 3.77. The van der Waals surface area contributed by atoms with Crippen LogP contribution in [-0.4, -0.2) is 30.0 Å². The Morgan fingerprint density at radius 2 is 2.13 bits per heavy atom. The number of benzene rings is 1. The molecule has 2 heterocycles. The summed E-state index contributed by atoms with van der Waals surface area (Å²) in [5.41, 5.74) is 2.04. The summed E-state index contributed by atoms with van der Waals surface area (Å²) in [7, 11) is 0. The number of thiazole rings is 1. The quantitative estimate of drug-likeness (QED) is 0.863. The molecule has 1 aliphatic heterocycles. The largest absolute Gasteiger partial charge is 0.346 e. The average molecular weight is 325 g/mol. The molecule has 3 rings (SSSR count). The summed E-state index contributed by atoms with van der Waals surface area (Å²) in [5, 5.41) is 4.02. The van der Waals surface area contributed by atoms with E-state index in [-0.39, 0.29) is 11.9 Å². The van der Waals surface area contributed by atoms with E-state index in [1.165, 1.54) is 10.4 Å². The Hall–Kier alpha value is -2.32. The van der Waals surface area contributed by atoms with Crippen molar-refractivity contribution in [3.63, 3.8) is 0 Å². The Morgan fingerprint density at radius 3 is 2.83 bits per heavy atom. The van der Waals surface area contributed by atoms with Crippen LogP contribution in [0, 0.1) is 25.7 Å². The second-order valence-electron chi connectivity index (χ2n) is 5.77. The molecule has 2 aromatic rings. The molecule has 1 fully saturated rings. The van der Waals surface area contributed by atoms with Gasteiger partial charge >= 0.3 is 0 Å². The standard InChI is InChI=1S/C18H19N3OS/c1-13-3-5-15(6-4-13)7-8-17(22)20-16-9-10-21(12-16)18-19-11-14(2)23-18/h3-6,11,16H,9-10,12H2,1-2H3,(H,20,22). The van der Waals surface area contributed by atoms with Crippen LogP contribution in [-0.2, 0) is 4.79 Å². The molecule has 0 aliphatic carbocycles. The SMILES string of the molecule is Cc1ccc(C#CC(=O)NC2CCN(c3ncc(C)s3)C2)cc1. The monoisotopic (exact) mass is 325 g/mol. The number of amides is 1. The van der Waals surface area contributed by atoms with Crippen molar-refractivity contribution < 1.29 is 4.79 Å². The van der Waals surface area contributed by atoms with Crippen LogP contribution < -0.4 is 10.2 Å². The molecule has 1 N–H and O–H groups in total. The number of nitrogens with one attached hydrogen (secondary N) is 1. The number of aryl methyl sites for hydroxylation is 2. The lowest BCUT2D eigenvalue weighted by Crippen LogP contribution is -2.36.